The monoisotopic (exact) mass is 419 g/mol. The number of anilines is 1. The summed E-state index contributed by atoms with van der Waals surface area (Å²) in [4.78, 5) is 24.0. The lowest BCUT2D eigenvalue weighted by Crippen LogP contribution is -2.16. The summed E-state index contributed by atoms with van der Waals surface area (Å²) < 4.78 is 38.9. The maximum atomic E-state index is 13.0. The van der Waals surface area contributed by atoms with E-state index in [1.807, 2.05) is 6.07 Å². The summed E-state index contributed by atoms with van der Waals surface area (Å²) >= 11 is 5.72. The van der Waals surface area contributed by atoms with Crippen molar-refractivity contribution in [1.29, 1.82) is 0 Å². The topological polar surface area (TPSA) is 66.4 Å². The van der Waals surface area contributed by atoms with E-state index >= 15 is 0 Å². The zero-order valence-corrected chi connectivity index (χ0v) is 15.4. The number of rotatable bonds is 4. The molecule has 8 heteroatoms. The number of carbonyl (C=O) groups excluding carboxylic acids is 1. The van der Waals surface area contributed by atoms with Gasteiger partial charge in [-0.1, -0.05) is 48.0 Å². The Morgan fingerprint density at radius 2 is 1.59 bits per heavy atom. The first-order valence-electron chi connectivity index (χ1n) is 8.27. The second kappa shape index (κ2) is 7.97. The van der Waals surface area contributed by atoms with Crippen LogP contribution in [0.4, 0.5) is 18.9 Å². The quantitative estimate of drug-likeness (QED) is 0.547. The van der Waals surface area contributed by atoms with Crippen LogP contribution >= 0.6 is 11.6 Å². The van der Waals surface area contributed by atoms with Crippen LogP contribution in [0.15, 0.2) is 66.7 Å². The van der Waals surface area contributed by atoms with Gasteiger partial charge < -0.3 is 10.4 Å². The molecule has 148 valence electrons. The first-order chi connectivity index (χ1) is 13.6. The number of aromatic carboxylic acids is 1. The average molecular weight is 420 g/mol. The predicted octanol–water partition coefficient (Wildman–Crippen LogP) is 5.98. The number of amides is 1. The van der Waals surface area contributed by atoms with Gasteiger partial charge in [-0.15, -0.1) is 0 Å². The minimum absolute atomic E-state index is 0.0441. The summed E-state index contributed by atoms with van der Waals surface area (Å²) in [6, 6.07) is 15.8. The Kier molecular flexibility index (Phi) is 5.61. The Labute approximate surface area is 168 Å². The van der Waals surface area contributed by atoms with Gasteiger partial charge in [0.15, 0.2) is 0 Å². The van der Waals surface area contributed by atoms with E-state index in [1.54, 1.807) is 30.3 Å². The molecule has 1 amide bonds. The van der Waals surface area contributed by atoms with E-state index in [0.717, 1.165) is 11.6 Å². The molecule has 0 aliphatic rings. The maximum absolute atomic E-state index is 13.0. The highest BCUT2D eigenvalue weighted by Crippen LogP contribution is 2.32. The molecule has 3 aromatic rings. The Morgan fingerprint density at radius 3 is 2.21 bits per heavy atom. The number of carbonyl (C=O) groups is 2. The zero-order valence-electron chi connectivity index (χ0n) is 14.6. The molecule has 0 bridgehead atoms. The number of hydrogen-bond donors (Lipinski definition) is 2. The van der Waals surface area contributed by atoms with Crippen molar-refractivity contribution >= 4 is 29.2 Å². The molecule has 4 nitrogen and oxygen atoms in total. The van der Waals surface area contributed by atoms with Crippen LogP contribution in [0.25, 0.3) is 11.1 Å². The predicted molar refractivity (Wildman–Crippen MR) is 103 cm³/mol. The fraction of sp³-hybridized carbons (Fsp3) is 0.0476. The average Bonchev–Trinajstić information content (AvgIpc) is 2.67. The van der Waals surface area contributed by atoms with Crippen LogP contribution in [0, 0.1) is 0 Å². The molecule has 0 fully saturated rings. The zero-order chi connectivity index (χ0) is 21.2. The van der Waals surface area contributed by atoms with Gasteiger partial charge in [-0.2, -0.15) is 13.2 Å². The van der Waals surface area contributed by atoms with Crippen LogP contribution in [0.5, 0.6) is 0 Å². The van der Waals surface area contributed by atoms with Gasteiger partial charge in [0.25, 0.3) is 5.91 Å². The molecule has 0 aliphatic heterocycles. The summed E-state index contributed by atoms with van der Waals surface area (Å²) in [5, 5.41) is 11.5. The molecule has 0 unspecified atom stereocenters. The van der Waals surface area contributed by atoms with E-state index in [4.69, 9.17) is 11.6 Å². The summed E-state index contributed by atoms with van der Waals surface area (Å²) in [5.74, 6) is -2.20. The van der Waals surface area contributed by atoms with E-state index < -0.39 is 23.6 Å². The molecule has 0 aliphatic carbocycles. The molecule has 0 heterocycles. The van der Waals surface area contributed by atoms with Crippen molar-refractivity contribution in [3.63, 3.8) is 0 Å². The van der Waals surface area contributed by atoms with Crippen LogP contribution in [0.1, 0.15) is 26.3 Å². The molecular formula is C21H13ClF3NO3. The van der Waals surface area contributed by atoms with E-state index in [1.165, 1.54) is 12.1 Å². The third kappa shape index (κ3) is 4.75. The van der Waals surface area contributed by atoms with Gasteiger partial charge in [0.1, 0.15) is 0 Å². The van der Waals surface area contributed by atoms with Crippen LogP contribution in [-0.4, -0.2) is 17.0 Å². The van der Waals surface area contributed by atoms with Crippen molar-refractivity contribution in [3.8, 4) is 11.1 Å². The summed E-state index contributed by atoms with van der Waals surface area (Å²) in [7, 11) is 0. The number of nitrogens with one attached hydrogen (secondary N) is 1. The number of benzene rings is 3. The highest BCUT2D eigenvalue weighted by atomic mass is 35.5. The Bertz CT molecular complexity index is 1080. The van der Waals surface area contributed by atoms with Gasteiger partial charge in [-0.3, -0.25) is 4.79 Å². The smallest absolute Gasteiger partial charge is 0.416 e. The van der Waals surface area contributed by atoms with Gasteiger partial charge in [-0.25, -0.2) is 4.79 Å². The Morgan fingerprint density at radius 1 is 0.897 bits per heavy atom. The highest BCUT2D eigenvalue weighted by Gasteiger charge is 2.31. The molecule has 0 aromatic heterocycles. The fourth-order valence-corrected chi connectivity index (χ4v) is 2.96. The molecule has 2 N–H and O–H groups in total. The summed E-state index contributed by atoms with van der Waals surface area (Å²) in [5.41, 5.74) is -0.249. The van der Waals surface area contributed by atoms with Crippen molar-refractivity contribution in [1.82, 2.24) is 0 Å². The molecular weight excluding hydrogens is 407 g/mol. The van der Waals surface area contributed by atoms with Crippen LogP contribution < -0.4 is 5.32 Å². The normalized spacial score (nSPS) is 11.2. The van der Waals surface area contributed by atoms with Gasteiger partial charge >= 0.3 is 12.1 Å². The Balaban J connectivity index is 2.00. The lowest BCUT2D eigenvalue weighted by atomic mass is 10.0. The molecule has 0 saturated heterocycles. The van der Waals surface area contributed by atoms with Gasteiger partial charge in [-0.05, 0) is 41.5 Å². The van der Waals surface area contributed by atoms with Gasteiger partial charge in [0.2, 0.25) is 0 Å². The number of carboxylic acid groups (broad SMARTS) is 1. The van der Waals surface area contributed by atoms with Crippen molar-refractivity contribution in [2.45, 2.75) is 6.18 Å². The second-order valence-corrected chi connectivity index (χ2v) is 6.55. The molecule has 3 aromatic carbocycles. The lowest BCUT2D eigenvalue weighted by Gasteiger charge is -2.13. The molecule has 0 radical (unpaired) electrons. The highest BCUT2D eigenvalue weighted by molar-refractivity contribution is 6.31. The largest absolute Gasteiger partial charge is 0.478 e. The molecule has 0 spiro atoms. The summed E-state index contributed by atoms with van der Waals surface area (Å²) in [6.07, 6.45) is -4.68. The second-order valence-electron chi connectivity index (χ2n) is 6.11. The number of halogens is 4. The third-order valence-electron chi connectivity index (χ3n) is 4.09. The first kappa shape index (κ1) is 20.4. The van der Waals surface area contributed by atoms with E-state index in [2.05, 4.69) is 5.32 Å². The van der Waals surface area contributed by atoms with Gasteiger partial charge in [0, 0.05) is 10.6 Å². The summed E-state index contributed by atoms with van der Waals surface area (Å²) in [6.45, 7) is 0. The van der Waals surface area contributed by atoms with Crippen molar-refractivity contribution in [2.24, 2.45) is 0 Å². The number of carboxylic acids is 1. The van der Waals surface area contributed by atoms with Crippen LogP contribution in [-0.2, 0) is 6.18 Å². The molecule has 29 heavy (non-hydrogen) atoms. The fourth-order valence-electron chi connectivity index (χ4n) is 2.72. The first-order valence-corrected chi connectivity index (χ1v) is 8.65. The standard InChI is InChI=1S/C21H13ClF3NO3/c22-16-9-14(8-15(11-16)21(23,24)25)19(27)26-18-10-13(6-7-17(18)20(28)29)12-4-2-1-3-5-12/h1-11H,(H,26,27)(H,28,29). The maximum Gasteiger partial charge on any atom is 0.416 e. The van der Waals surface area contributed by atoms with Crippen LogP contribution in [0.3, 0.4) is 0 Å². The molecule has 0 saturated carbocycles. The number of hydrogen-bond acceptors (Lipinski definition) is 2. The minimum Gasteiger partial charge on any atom is -0.478 e. The van der Waals surface area contributed by atoms with Crippen molar-refractivity contribution < 1.29 is 27.9 Å². The SMILES string of the molecule is O=C(Nc1cc(-c2ccccc2)ccc1C(=O)O)c1cc(Cl)cc(C(F)(F)F)c1. The minimum atomic E-state index is -4.68. The van der Waals surface area contributed by atoms with Crippen molar-refractivity contribution in [3.05, 3.63) is 88.4 Å². The van der Waals surface area contributed by atoms with Crippen LogP contribution in [0.2, 0.25) is 5.02 Å². The third-order valence-corrected chi connectivity index (χ3v) is 4.31. The van der Waals surface area contributed by atoms with E-state index in [0.29, 0.717) is 17.7 Å². The van der Waals surface area contributed by atoms with E-state index in [9.17, 15) is 27.9 Å². The lowest BCUT2D eigenvalue weighted by molar-refractivity contribution is -0.137. The number of alkyl halides is 3. The van der Waals surface area contributed by atoms with Gasteiger partial charge in [0.05, 0.1) is 16.8 Å². The molecule has 3 rings (SSSR count). The van der Waals surface area contributed by atoms with E-state index in [-0.39, 0.29) is 21.8 Å². The molecule has 0 atom stereocenters. The Hall–Kier alpha value is -3.32. The van der Waals surface area contributed by atoms with Crippen molar-refractivity contribution in [2.75, 3.05) is 5.32 Å².